The lowest BCUT2D eigenvalue weighted by Gasteiger charge is -2.21. The van der Waals surface area contributed by atoms with Gasteiger partial charge in [0.1, 0.15) is 0 Å². The van der Waals surface area contributed by atoms with Gasteiger partial charge in [0.05, 0.1) is 11.0 Å². The highest BCUT2D eigenvalue weighted by atomic mass is 32.2. The fourth-order valence-electron chi connectivity index (χ4n) is 4.58. The van der Waals surface area contributed by atoms with Gasteiger partial charge in [-0.3, -0.25) is 4.79 Å². The van der Waals surface area contributed by atoms with Crippen LogP contribution >= 0.6 is 0 Å². The van der Waals surface area contributed by atoms with E-state index in [-0.39, 0.29) is 12.0 Å². The molecule has 154 valence electrons. The number of hydrogen-bond acceptors (Lipinski definition) is 2. The Balaban J connectivity index is 1.47. The van der Waals surface area contributed by atoms with Gasteiger partial charge < -0.3 is 4.90 Å². The van der Waals surface area contributed by atoms with Crippen LogP contribution in [0.25, 0.3) is 11.1 Å². The molecule has 5 heteroatoms. The van der Waals surface area contributed by atoms with Crippen molar-refractivity contribution >= 4 is 16.9 Å². The Bertz CT molecular complexity index is 899. The molecule has 1 aliphatic carbocycles. The van der Waals surface area contributed by atoms with Crippen molar-refractivity contribution in [2.75, 3.05) is 19.3 Å². The first kappa shape index (κ1) is 20.3. The number of nitrogens with zero attached hydrogens (tertiary/aromatic N) is 1. The molecule has 4 nitrogen and oxygen atoms in total. The van der Waals surface area contributed by atoms with Gasteiger partial charge in [0.15, 0.2) is 0 Å². The van der Waals surface area contributed by atoms with E-state index in [9.17, 15) is 9.00 Å². The molecule has 4 unspecified atom stereocenters. The Hall–Kier alpha value is -1.98. The van der Waals surface area contributed by atoms with E-state index >= 15 is 0 Å². The summed E-state index contributed by atoms with van der Waals surface area (Å²) in [6, 6.07) is 17.3. The second-order valence-corrected chi connectivity index (χ2v) is 9.57. The number of amides is 1. The summed E-state index contributed by atoms with van der Waals surface area (Å²) < 4.78 is 14.6. The molecule has 4 rings (SSSR count). The fourth-order valence-corrected chi connectivity index (χ4v) is 5.29. The van der Waals surface area contributed by atoms with Gasteiger partial charge in [-0.1, -0.05) is 54.1 Å². The molecule has 1 amide bonds. The topological polar surface area (TPSA) is 49.4 Å². The average molecular weight is 411 g/mol. The zero-order valence-electron chi connectivity index (χ0n) is 17.3. The smallest absolute Gasteiger partial charge is 0.226 e. The second-order valence-electron chi connectivity index (χ2n) is 8.43. The summed E-state index contributed by atoms with van der Waals surface area (Å²) >= 11 is 0. The summed E-state index contributed by atoms with van der Waals surface area (Å²) in [7, 11) is -0.997. The molecule has 1 saturated heterocycles. The lowest BCUT2D eigenvalue weighted by atomic mass is 9.94. The molecular weight excluding hydrogens is 380 g/mol. The zero-order valence-corrected chi connectivity index (χ0v) is 18.1. The van der Waals surface area contributed by atoms with Gasteiger partial charge in [-0.2, -0.15) is 0 Å². The van der Waals surface area contributed by atoms with E-state index in [1.807, 2.05) is 11.0 Å². The highest BCUT2D eigenvalue weighted by Crippen LogP contribution is 2.51. The number of carbonyl (C=O) groups excluding carboxylic acids is 1. The van der Waals surface area contributed by atoms with Crippen LogP contribution < -0.4 is 4.72 Å². The average Bonchev–Trinajstić information content (AvgIpc) is 3.52. The van der Waals surface area contributed by atoms with Crippen molar-refractivity contribution in [2.24, 2.45) is 5.92 Å². The molecule has 1 N–H and O–H groups in total. The molecule has 1 aliphatic heterocycles. The van der Waals surface area contributed by atoms with Crippen LogP contribution in [0.4, 0.5) is 0 Å². The van der Waals surface area contributed by atoms with Gasteiger partial charge >= 0.3 is 0 Å². The molecule has 2 aromatic rings. The number of rotatable bonds is 5. The first-order valence-electron chi connectivity index (χ1n) is 10.6. The lowest BCUT2D eigenvalue weighted by Crippen LogP contribution is -2.35. The lowest BCUT2D eigenvalue weighted by molar-refractivity contribution is -0.132. The molecule has 0 bridgehead atoms. The molecule has 1 saturated carbocycles. The van der Waals surface area contributed by atoms with Crippen molar-refractivity contribution in [2.45, 2.75) is 44.6 Å². The minimum Gasteiger partial charge on any atom is -0.342 e. The van der Waals surface area contributed by atoms with E-state index in [4.69, 9.17) is 0 Å². The van der Waals surface area contributed by atoms with Gasteiger partial charge in [-0.25, -0.2) is 8.93 Å². The normalized spacial score (nSPS) is 25.3. The summed E-state index contributed by atoms with van der Waals surface area (Å²) in [5.41, 5.74) is 5.03. The van der Waals surface area contributed by atoms with Crippen LogP contribution in [0, 0.1) is 12.8 Å². The van der Waals surface area contributed by atoms with E-state index in [1.54, 1.807) is 6.26 Å². The maximum Gasteiger partial charge on any atom is 0.226 e. The highest BCUT2D eigenvalue weighted by Gasteiger charge is 2.46. The van der Waals surface area contributed by atoms with E-state index in [0.717, 1.165) is 38.8 Å². The number of hydrogen-bond donors (Lipinski definition) is 1. The predicted molar refractivity (Wildman–Crippen MR) is 119 cm³/mol. The summed E-state index contributed by atoms with van der Waals surface area (Å²) in [6.07, 6.45) is 5.45. The number of carbonyl (C=O) groups is 1. The maximum atomic E-state index is 13.2. The third-order valence-corrected chi connectivity index (χ3v) is 6.84. The maximum absolute atomic E-state index is 13.2. The third-order valence-electron chi connectivity index (χ3n) is 6.17. The predicted octanol–water partition coefficient (Wildman–Crippen LogP) is 4.03. The van der Waals surface area contributed by atoms with Crippen LogP contribution in [0.3, 0.4) is 0 Å². The monoisotopic (exact) mass is 410 g/mol. The van der Waals surface area contributed by atoms with Crippen molar-refractivity contribution in [1.29, 1.82) is 0 Å². The fraction of sp³-hybridized carbons (Fsp3) is 0.458. The van der Waals surface area contributed by atoms with Crippen LogP contribution in [0.5, 0.6) is 0 Å². The van der Waals surface area contributed by atoms with Crippen molar-refractivity contribution in [3.63, 3.8) is 0 Å². The number of likely N-dealkylation sites (tertiary alicyclic amines) is 1. The van der Waals surface area contributed by atoms with Crippen molar-refractivity contribution in [1.82, 2.24) is 9.62 Å². The number of benzene rings is 2. The molecular formula is C24H30N2O2S. The molecule has 0 spiro atoms. The van der Waals surface area contributed by atoms with Crippen molar-refractivity contribution < 1.29 is 9.00 Å². The molecule has 2 aromatic carbocycles. The standard InChI is InChI=1S/C24H30N2O2S/c1-17-10-11-20(18-7-4-3-5-8-18)21(15-17)22-16-23(22)24(27)26-13-6-9-19(12-14-26)25-29(2)28/h3-5,7-8,10-11,15,19,22-23,25H,6,9,12-14,16H2,1-2H3. The molecule has 0 aromatic heterocycles. The summed E-state index contributed by atoms with van der Waals surface area (Å²) in [6.45, 7) is 3.70. The second kappa shape index (κ2) is 8.80. The van der Waals surface area contributed by atoms with E-state index in [1.165, 1.54) is 22.3 Å². The van der Waals surface area contributed by atoms with Gasteiger partial charge in [0, 0.05) is 31.3 Å². The summed E-state index contributed by atoms with van der Waals surface area (Å²) in [5, 5.41) is 0. The van der Waals surface area contributed by atoms with Crippen LogP contribution in [-0.4, -0.2) is 40.4 Å². The van der Waals surface area contributed by atoms with Crippen LogP contribution in [0.15, 0.2) is 48.5 Å². The first-order valence-corrected chi connectivity index (χ1v) is 12.1. The first-order chi connectivity index (χ1) is 14.0. The minimum absolute atomic E-state index is 0.101. The van der Waals surface area contributed by atoms with Gasteiger partial charge in [-0.15, -0.1) is 0 Å². The van der Waals surface area contributed by atoms with E-state index < -0.39 is 11.0 Å². The van der Waals surface area contributed by atoms with Gasteiger partial charge in [0.25, 0.3) is 0 Å². The minimum atomic E-state index is -0.997. The number of aryl methyl sites for hydroxylation is 1. The Morgan fingerprint density at radius 2 is 1.90 bits per heavy atom. The molecule has 0 radical (unpaired) electrons. The molecule has 2 aliphatic rings. The van der Waals surface area contributed by atoms with Crippen LogP contribution in [0.1, 0.15) is 42.7 Å². The Labute approximate surface area is 176 Å². The third kappa shape index (κ3) is 4.78. The largest absolute Gasteiger partial charge is 0.342 e. The SMILES string of the molecule is Cc1ccc(-c2ccccc2)c(C2CC2C(=O)N2CCCC(NS(C)=O)CC2)c1. The quantitative estimate of drug-likeness (QED) is 0.809. The van der Waals surface area contributed by atoms with Gasteiger partial charge in [0.2, 0.25) is 5.91 Å². The Morgan fingerprint density at radius 3 is 2.66 bits per heavy atom. The summed E-state index contributed by atoms with van der Waals surface area (Å²) in [5.74, 6) is 0.718. The van der Waals surface area contributed by atoms with E-state index in [2.05, 4.69) is 54.1 Å². The van der Waals surface area contributed by atoms with Crippen molar-refractivity contribution in [3.05, 3.63) is 59.7 Å². The summed E-state index contributed by atoms with van der Waals surface area (Å²) in [4.78, 5) is 15.2. The molecule has 1 heterocycles. The Kier molecular flexibility index (Phi) is 6.16. The molecule has 29 heavy (non-hydrogen) atoms. The number of nitrogens with one attached hydrogen (secondary N) is 1. The molecule has 2 fully saturated rings. The van der Waals surface area contributed by atoms with Gasteiger partial charge in [-0.05, 0) is 55.2 Å². The zero-order chi connectivity index (χ0) is 20.4. The molecule has 4 atom stereocenters. The van der Waals surface area contributed by atoms with E-state index in [0.29, 0.717) is 11.8 Å². The van der Waals surface area contributed by atoms with Crippen LogP contribution in [0.2, 0.25) is 0 Å². The highest BCUT2D eigenvalue weighted by molar-refractivity contribution is 7.82. The van der Waals surface area contributed by atoms with Crippen molar-refractivity contribution in [3.8, 4) is 11.1 Å². The Morgan fingerprint density at radius 1 is 1.10 bits per heavy atom. The van der Waals surface area contributed by atoms with Crippen LogP contribution in [-0.2, 0) is 15.8 Å².